The Hall–Kier alpha value is 0.310. The van der Waals surface area contributed by atoms with Crippen LogP contribution in [-0.2, 0) is 0 Å². The van der Waals surface area contributed by atoms with Crippen LogP contribution < -0.4 is 5.32 Å². The Morgan fingerprint density at radius 2 is 2.09 bits per heavy atom. The van der Waals surface area contributed by atoms with Crippen molar-refractivity contribution in [3.05, 3.63) is 0 Å². The molecule has 0 saturated heterocycles. The molecular weight excluding hydrogens is 154 g/mol. The van der Waals surface area contributed by atoms with Crippen LogP contribution in [0.2, 0.25) is 0 Å². The molecule has 0 amide bonds. The van der Waals surface area contributed by atoms with Crippen molar-refractivity contribution in [3.8, 4) is 0 Å². The first kappa shape index (κ1) is 11.3. The number of thioether (sulfide) groups is 1. The zero-order valence-electron chi connectivity index (χ0n) is 8.18. The van der Waals surface area contributed by atoms with Gasteiger partial charge in [-0.2, -0.15) is 11.8 Å². The van der Waals surface area contributed by atoms with E-state index in [0.29, 0.717) is 0 Å². The fraction of sp³-hybridized carbons (Fsp3) is 1.00. The molecule has 0 aliphatic heterocycles. The molecular formula is C9H21NS. The van der Waals surface area contributed by atoms with Gasteiger partial charge in [0.15, 0.2) is 0 Å². The molecule has 0 aromatic heterocycles. The summed E-state index contributed by atoms with van der Waals surface area (Å²) in [7, 11) is 2.02. The van der Waals surface area contributed by atoms with E-state index in [1.807, 2.05) is 18.8 Å². The van der Waals surface area contributed by atoms with Crippen LogP contribution in [0.4, 0.5) is 0 Å². The lowest BCUT2D eigenvalue weighted by molar-refractivity contribution is 0.489. The second-order valence-electron chi connectivity index (χ2n) is 3.05. The molecule has 0 fully saturated rings. The summed E-state index contributed by atoms with van der Waals surface area (Å²) in [5.41, 5.74) is 0. The van der Waals surface area contributed by atoms with Crippen molar-refractivity contribution in [1.29, 1.82) is 0 Å². The molecule has 0 aromatic rings. The fourth-order valence-electron chi connectivity index (χ4n) is 1.36. The van der Waals surface area contributed by atoms with Gasteiger partial charge in [-0.25, -0.2) is 0 Å². The maximum atomic E-state index is 3.19. The van der Waals surface area contributed by atoms with E-state index >= 15 is 0 Å². The Morgan fingerprint density at radius 1 is 1.45 bits per heavy atom. The Morgan fingerprint density at radius 3 is 2.45 bits per heavy atom. The largest absolute Gasteiger partial charge is 0.320 e. The van der Waals surface area contributed by atoms with Gasteiger partial charge in [0.2, 0.25) is 0 Å². The van der Waals surface area contributed by atoms with E-state index in [2.05, 4.69) is 25.4 Å². The molecule has 2 atom stereocenters. The minimum absolute atomic E-state index is 0.849. The van der Waals surface area contributed by atoms with Crippen LogP contribution in [0.25, 0.3) is 0 Å². The van der Waals surface area contributed by atoms with E-state index in [4.69, 9.17) is 0 Å². The van der Waals surface area contributed by atoms with Gasteiger partial charge in [0.25, 0.3) is 0 Å². The molecule has 0 rings (SSSR count). The number of hydrogen-bond donors (Lipinski definition) is 1. The monoisotopic (exact) mass is 175 g/mol. The first-order valence-corrected chi connectivity index (χ1v) is 5.72. The van der Waals surface area contributed by atoms with Gasteiger partial charge in [-0.05, 0) is 38.6 Å². The lowest BCUT2D eigenvalue weighted by atomic mass is 10.0. The van der Waals surface area contributed by atoms with Crippen molar-refractivity contribution in [1.82, 2.24) is 5.32 Å². The summed E-state index contributed by atoms with van der Waals surface area (Å²) in [4.78, 5) is 0. The summed E-state index contributed by atoms with van der Waals surface area (Å²) >= 11 is 2.00. The van der Waals surface area contributed by atoms with Gasteiger partial charge in [-0.3, -0.25) is 0 Å². The maximum Gasteiger partial charge on any atom is 0.00677 e. The molecule has 1 N–H and O–H groups in total. The van der Waals surface area contributed by atoms with Gasteiger partial charge in [0.05, 0.1) is 0 Å². The summed E-state index contributed by atoms with van der Waals surface area (Å²) < 4.78 is 0. The lowest BCUT2D eigenvalue weighted by Crippen LogP contribution is -2.18. The van der Waals surface area contributed by atoms with Gasteiger partial charge >= 0.3 is 0 Å². The second-order valence-corrected chi connectivity index (χ2v) is 4.13. The molecule has 1 nitrogen and oxygen atoms in total. The first-order chi connectivity index (χ1) is 5.26. The Labute approximate surface area is 75.3 Å². The Kier molecular flexibility index (Phi) is 7.18. The highest BCUT2D eigenvalue weighted by molar-refractivity contribution is 7.99. The lowest BCUT2D eigenvalue weighted by Gasteiger charge is -2.20. The van der Waals surface area contributed by atoms with Crippen LogP contribution in [0.3, 0.4) is 0 Å². The molecule has 0 aliphatic rings. The van der Waals surface area contributed by atoms with Crippen LogP contribution in [-0.4, -0.2) is 25.1 Å². The van der Waals surface area contributed by atoms with Crippen molar-refractivity contribution in [2.75, 3.05) is 19.8 Å². The van der Waals surface area contributed by atoms with Gasteiger partial charge < -0.3 is 5.32 Å². The molecule has 2 heteroatoms. The van der Waals surface area contributed by atoms with E-state index in [0.717, 1.165) is 17.7 Å². The molecule has 0 aliphatic carbocycles. The molecule has 0 saturated carbocycles. The molecule has 68 valence electrons. The molecule has 0 spiro atoms. The molecule has 0 bridgehead atoms. The van der Waals surface area contributed by atoms with Crippen LogP contribution in [0, 0.1) is 5.92 Å². The van der Waals surface area contributed by atoms with Crippen molar-refractivity contribution in [2.45, 2.75) is 31.9 Å². The van der Waals surface area contributed by atoms with E-state index in [-0.39, 0.29) is 0 Å². The normalized spacial score (nSPS) is 16.4. The van der Waals surface area contributed by atoms with Gasteiger partial charge in [0.1, 0.15) is 0 Å². The summed E-state index contributed by atoms with van der Waals surface area (Å²) in [6.45, 7) is 5.78. The van der Waals surface area contributed by atoms with Crippen molar-refractivity contribution >= 4 is 11.8 Å². The highest BCUT2D eigenvalue weighted by Crippen LogP contribution is 2.22. The number of rotatable bonds is 6. The topological polar surface area (TPSA) is 12.0 Å². The van der Waals surface area contributed by atoms with E-state index in [1.165, 1.54) is 12.8 Å². The highest BCUT2D eigenvalue weighted by Gasteiger charge is 2.12. The van der Waals surface area contributed by atoms with E-state index in [1.54, 1.807) is 0 Å². The first-order valence-electron chi connectivity index (χ1n) is 4.43. The van der Waals surface area contributed by atoms with Crippen molar-refractivity contribution in [2.24, 2.45) is 5.92 Å². The molecule has 1 unspecified atom stereocenters. The maximum absolute atomic E-state index is 3.19. The molecule has 0 radical (unpaired) electrons. The second kappa shape index (κ2) is 6.99. The SMILES string of the molecule is CCC(SC)[C@H](C)CCNC. The zero-order valence-corrected chi connectivity index (χ0v) is 9.00. The predicted molar refractivity (Wildman–Crippen MR) is 55.3 cm³/mol. The fourth-order valence-corrected chi connectivity index (χ4v) is 2.29. The molecule has 0 aromatic carbocycles. The summed E-state index contributed by atoms with van der Waals surface area (Å²) in [6.07, 6.45) is 4.81. The number of hydrogen-bond acceptors (Lipinski definition) is 2. The van der Waals surface area contributed by atoms with Gasteiger partial charge in [0, 0.05) is 5.25 Å². The van der Waals surface area contributed by atoms with E-state index < -0.39 is 0 Å². The van der Waals surface area contributed by atoms with Crippen molar-refractivity contribution in [3.63, 3.8) is 0 Å². The standard InChI is InChI=1S/C9H21NS/c1-5-9(11-4)8(2)6-7-10-3/h8-10H,5-7H2,1-4H3/t8-,9?/m1/s1. The Balaban J connectivity index is 3.51. The summed E-state index contributed by atoms with van der Waals surface area (Å²) in [5, 5.41) is 4.04. The van der Waals surface area contributed by atoms with Crippen LogP contribution in [0.1, 0.15) is 26.7 Å². The minimum atomic E-state index is 0.849. The summed E-state index contributed by atoms with van der Waals surface area (Å²) in [5.74, 6) is 0.849. The third kappa shape index (κ3) is 4.70. The highest BCUT2D eigenvalue weighted by atomic mass is 32.2. The average molecular weight is 175 g/mol. The molecule has 11 heavy (non-hydrogen) atoms. The predicted octanol–water partition coefficient (Wildman–Crippen LogP) is 2.37. The van der Waals surface area contributed by atoms with Crippen LogP contribution in [0.15, 0.2) is 0 Å². The number of nitrogens with one attached hydrogen (secondary N) is 1. The molecule has 0 heterocycles. The minimum Gasteiger partial charge on any atom is -0.320 e. The van der Waals surface area contributed by atoms with Crippen LogP contribution >= 0.6 is 11.8 Å². The third-order valence-corrected chi connectivity index (χ3v) is 3.59. The Bertz CT molecular complexity index is 81.6. The smallest absolute Gasteiger partial charge is 0.00677 e. The van der Waals surface area contributed by atoms with Gasteiger partial charge in [-0.1, -0.05) is 13.8 Å². The van der Waals surface area contributed by atoms with E-state index in [9.17, 15) is 0 Å². The van der Waals surface area contributed by atoms with Crippen molar-refractivity contribution < 1.29 is 0 Å². The third-order valence-electron chi connectivity index (χ3n) is 2.19. The average Bonchev–Trinajstić information content (AvgIpc) is 2.03. The van der Waals surface area contributed by atoms with Crippen LogP contribution in [0.5, 0.6) is 0 Å². The quantitative estimate of drug-likeness (QED) is 0.665. The zero-order chi connectivity index (χ0) is 8.69. The van der Waals surface area contributed by atoms with Gasteiger partial charge in [-0.15, -0.1) is 0 Å². The summed E-state index contributed by atoms with van der Waals surface area (Å²) in [6, 6.07) is 0.